The van der Waals surface area contributed by atoms with E-state index in [0.29, 0.717) is 6.61 Å². The van der Waals surface area contributed by atoms with Gasteiger partial charge in [0.25, 0.3) is 0 Å². The molecule has 0 spiro atoms. The van der Waals surface area contributed by atoms with Crippen LogP contribution in [-0.4, -0.2) is 6.54 Å². The largest absolute Gasteiger partial charge is 0.489 e. The van der Waals surface area contributed by atoms with Crippen molar-refractivity contribution in [2.45, 2.75) is 19.6 Å². The fourth-order valence-corrected chi connectivity index (χ4v) is 2.48. The van der Waals surface area contributed by atoms with E-state index in [2.05, 4.69) is 23.5 Å². The zero-order valence-corrected chi connectivity index (χ0v) is 10.9. The van der Waals surface area contributed by atoms with Crippen LogP contribution in [-0.2, 0) is 19.6 Å². The standard InChI is InChI=1S/C16H18N2O/c17-14-5-1-3-12(9-14)11-19-16-6-2-4-13-10-18-8-7-15(13)16/h1-6,9,18H,7-8,10-11,17H2. The minimum atomic E-state index is 0.564. The summed E-state index contributed by atoms with van der Waals surface area (Å²) in [4.78, 5) is 0. The number of anilines is 1. The summed E-state index contributed by atoms with van der Waals surface area (Å²) < 4.78 is 5.96. The van der Waals surface area contributed by atoms with Gasteiger partial charge in [-0.25, -0.2) is 0 Å². The fraction of sp³-hybridized carbons (Fsp3) is 0.250. The minimum absolute atomic E-state index is 0.564. The van der Waals surface area contributed by atoms with Gasteiger partial charge in [0.1, 0.15) is 12.4 Å². The first-order chi connectivity index (χ1) is 9.33. The van der Waals surface area contributed by atoms with Crippen LogP contribution in [0.5, 0.6) is 5.75 Å². The van der Waals surface area contributed by atoms with E-state index < -0.39 is 0 Å². The summed E-state index contributed by atoms with van der Waals surface area (Å²) in [6.07, 6.45) is 1.03. The summed E-state index contributed by atoms with van der Waals surface area (Å²) in [5, 5.41) is 3.38. The van der Waals surface area contributed by atoms with Gasteiger partial charge in [-0.15, -0.1) is 0 Å². The smallest absolute Gasteiger partial charge is 0.123 e. The van der Waals surface area contributed by atoms with E-state index in [-0.39, 0.29) is 0 Å². The van der Waals surface area contributed by atoms with Gasteiger partial charge in [0, 0.05) is 12.2 Å². The summed E-state index contributed by atoms with van der Waals surface area (Å²) in [5.41, 5.74) is 10.3. The minimum Gasteiger partial charge on any atom is -0.489 e. The van der Waals surface area contributed by atoms with E-state index >= 15 is 0 Å². The lowest BCUT2D eigenvalue weighted by Crippen LogP contribution is -2.24. The van der Waals surface area contributed by atoms with Crippen LogP contribution in [0, 0.1) is 0 Å². The summed E-state index contributed by atoms with van der Waals surface area (Å²) >= 11 is 0. The maximum absolute atomic E-state index is 5.96. The van der Waals surface area contributed by atoms with Crippen LogP contribution in [0.4, 0.5) is 5.69 Å². The van der Waals surface area contributed by atoms with Crippen molar-refractivity contribution >= 4 is 5.69 Å². The Morgan fingerprint density at radius 2 is 2.05 bits per heavy atom. The van der Waals surface area contributed by atoms with Crippen LogP contribution in [0.15, 0.2) is 42.5 Å². The highest BCUT2D eigenvalue weighted by Crippen LogP contribution is 2.26. The summed E-state index contributed by atoms with van der Waals surface area (Å²) in [5.74, 6) is 1.00. The Labute approximate surface area is 113 Å². The Morgan fingerprint density at radius 3 is 2.95 bits per heavy atom. The van der Waals surface area contributed by atoms with Gasteiger partial charge in [0.05, 0.1) is 0 Å². The molecule has 2 aromatic rings. The molecule has 1 aliphatic rings. The second-order valence-corrected chi connectivity index (χ2v) is 4.85. The lowest BCUT2D eigenvalue weighted by molar-refractivity contribution is 0.301. The molecule has 3 rings (SSSR count). The molecule has 3 heteroatoms. The van der Waals surface area contributed by atoms with Gasteiger partial charge in [-0.05, 0) is 47.9 Å². The average Bonchev–Trinajstić information content (AvgIpc) is 2.45. The van der Waals surface area contributed by atoms with Gasteiger partial charge in [0.2, 0.25) is 0 Å². The van der Waals surface area contributed by atoms with E-state index in [4.69, 9.17) is 10.5 Å². The molecule has 19 heavy (non-hydrogen) atoms. The van der Waals surface area contributed by atoms with Crippen molar-refractivity contribution in [3.05, 3.63) is 59.2 Å². The Hall–Kier alpha value is -2.00. The lowest BCUT2D eigenvalue weighted by Gasteiger charge is -2.20. The average molecular weight is 254 g/mol. The molecule has 0 saturated carbocycles. The number of hydrogen-bond donors (Lipinski definition) is 2. The highest BCUT2D eigenvalue weighted by atomic mass is 16.5. The van der Waals surface area contributed by atoms with Crippen LogP contribution in [0.2, 0.25) is 0 Å². The van der Waals surface area contributed by atoms with Crippen molar-refractivity contribution in [2.75, 3.05) is 12.3 Å². The number of benzene rings is 2. The van der Waals surface area contributed by atoms with Crippen molar-refractivity contribution in [3.8, 4) is 5.75 Å². The SMILES string of the molecule is Nc1cccc(COc2cccc3c2CCNC3)c1. The fourth-order valence-electron chi connectivity index (χ4n) is 2.48. The first-order valence-electron chi connectivity index (χ1n) is 6.61. The highest BCUT2D eigenvalue weighted by molar-refractivity contribution is 5.43. The molecule has 0 fully saturated rings. The molecule has 0 amide bonds. The topological polar surface area (TPSA) is 47.3 Å². The van der Waals surface area contributed by atoms with E-state index in [9.17, 15) is 0 Å². The highest BCUT2D eigenvalue weighted by Gasteiger charge is 2.13. The molecule has 98 valence electrons. The molecular formula is C16H18N2O. The van der Waals surface area contributed by atoms with Crippen LogP contribution in [0.3, 0.4) is 0 Å². The van der Waals surface area contributed by atoms with E-state index in [1.165, 1.54) is 11.1 Å². The van der Waals surface area contributed by atoms with Gasteiger partial charge >= 0.3 is 0 Å². The molecule has 0 aliphatic carbocycles. The molecule has 0 atom stereocenters. The molecule has 1 aliphatic heterocycles. The molecule has 3 N–H and O–H groups in total. The van der Waals surface area contributed by atoms with Crippen LogP contribution in [0.25, 0.3) is 0 Å². The maximum Gasteiger partial charge on any atom is 0.123 e. The number of nitrogens with one attached hydrogen (secondary N) is 1. The Bertz CT molecular complexity index is 581. The van der Waals surface area contributed by atoms with Gasteiger partial charge in [-0.3, -0.25) is 0 Å². The third kappa shape index (κ3) is 2.71. The van der Waals surface area contributed by atoms with E-state index in [1.54, 1.807) is 0 Å². The van der Waals surface area contributed by atoms with Gasteiger partial charge in [-0.1, -0.05) is 24.3 Å². The second-order valence-electron chi connectivity index (χ2n) is 4.85. The number of rotatable bonds is 3. The van der Waals surface area contributed by atoms with Crippen LogP contribution >= 0.6 is 0 Å². The van der Waals surface area contributed by atoms with Crippen molar-refractivity contribution in [3.63, 3.8) is 0 Å². The first kappa shape index (κ1) is 12.1. The third-order valence-electron chi connectivity index (χ3n) is 3.44. The second kappa shape index (κ2) is 5.33. The van der Waals surface area contributed by atoms with Crippen LogP contribution < -0.4 is 15.8 Å². The Kier molecular flexibility index (Phi) is 3.38. The Balaban J connectivity index is 1.77. The molecule has 1 heterocycles. The maximum atomic E-state index is 5.96. The first-order valence-corrected chi connectivity index (χ1v) is 6.61. The molecule has 0 aromatic heterocycles. The van der Waals surface area contributed by atoms with Gasteiger partial charge in [-0.2, -0.15) is 0 Å². The summed E-state index contributed by atoms with van der Waals surface area (Å²) in [6, 6.07) is 14.1. The normalized spacial score (nSPS) is 13.9. The predicted molar refractivity (Wildman–Crippen MR) is 77.0 cm³/mol. The molecule has 0 saturated heterocycles. The molecule has 3 nitrogen and oxygen atoms in total. The van der Waals surface area contributed by atoms with Gasteiger partial charge in [0.15, 0.2) is 0 Å². The van der Waals surface area contributed by atoms with E-state index in [1.807, 2.05) is 24.3 Å². The zero-order valence-electron chi connectivity index (χ0n) is 10.9. The predicted octanol–water partition coefficient (Wildman–Crippen LogP) is 2.49. The van der Waals surface area contributed by atoms with Gasteiger partial charge < -0.3 is 15.8 Å². The number of fused-ring (bicyclic) bond motifs is 1. The van der Waals surface area contributed by atoms with E-state index in [0.717, 1.165) is 36.5 Å². The van der Waals surface area contributed by atoms with Crippen molar-refractivity contribution in [1.29, 1.82) is 0 Å². The molecule has 0 unspecified atom stereocenters. The summed E-state index contributed by atoms with van der Waals surface area (Å²) in [7, 11) is 0. The monoisotopic (exact) mass is 254 g/mol. The number of hydrogen-bond acceptors (Lipinski definition) is 3. The molecule has 0 radical (unpaired) electrons. The third-order valence-corrected chi connectivity index (χ3v) is 3.44. The number of ether oxygens (including phenoxy) is 1. The zero-order chi connectivity index (χ0) is 13.1. The Morgan fingerprint density at radius 1 is 1.16 bits per heavy atom. The van der Waals surface area contributed by atoms with Crippen LogP contribution in [0.1, 0.15) is 16.7 Å². The lowest BCUT2D eigenvalue weighted by atomic mass is 10.0. The summed E-state index contributed by atoms with van der Waals surface area (Å²) in [6.45, 7) is 2.52. The van der Waals surface area contributed by atoms with Crippen molar-refractivity contribution in [2.24, 2.45) is 0 Å². The van der Waals surface area contributed by atoms with Crippen molar-refractivity contribution < 1.29 is 4.74 Å². The molecule has 2 aromatic carbocycles. The molecular weight excluding hydrogens is 236 g/mol. The number of nitrogen functional groups attached to an aromatic ring is 1. The quantitative estimate of drug-likeness (QED) is 0.827. The van der Waals surface area contributed by atoms with Crippen molar-refractivity contribution in [1.82, 2.24) is 5.32 Å². The number of nitrogens with two attached hydrogens (primary N) is 1. The molecule has 0 bridgehead atoms.